The van der Waals surface area contributed by atoms with Gasteiger partial charge in [-0.1, -0.05) is 42.5 Å². The van der Waals surface area contributed by atoms with E-state index in [9.17, 15) is 9.59 Å². The number of likely N-dealkylation sites (N-methyl/N-ethyl adjacent to an activating group) is 1. The van der Waals surface area contributed by atoms with Gasteiger partial charge >= 0.3 is 5.97 Å². The van der Waals surface area contributed by atoms with E-state index < -0.39 is 11.8 Å². The number of hydrogen-bond donors (Lipinski definition) is 0. The first-order chi connectivity index (χ1) is 9.65. The highest BCUT2D eigenvalue weighted by Crippen LogP contribution is 2.30. The molecular formula is C16H17NO3. The molecule has 4 heteroatoms. The van der Waals surface area contributed by atoms with E-state index in [0.29, 0.717) is 17.6 Å². The number of nitrogens with zero attached hydrogens (tertiary/aromatic N) is 1. The Labute approximate surface area is 118 Å². The fourth-order valence-electron chi connectivity index (χ4n) is 2.91. The highest BCUT2D eigenvalue weighted by molar-refractivity contribution is 6.40. The average molecular weight is 271 g/mol. The van der Waals surface area contributed by atoms with Crippen LogP contribution in [0.1, 0.15) is 23.2 Å². The highest BCUT2D eigenvalue weighted by Gasteiger charge is 2.37. The van der Waals surface area contributed by atoms with Gasteiger partial charge in [-0.05, 0) is 7.05 Å². The lowest BCUT2D eigenvalue weighted by atomic mass is 9.99. The molecule has 0 spiro atoms. The lowest BCUT2D eigenvalue weighted by molar-refractivity contribution is -0.146. The molecule has 2 unspecified atom stereocenters. The second-order valence-corrected chi connectivity index (χ2v) is 5.38. The van der Waals surface area contributed by atoms with E-state index in [1.54, 1.807) is 24.3 Å². The van der Waals surface area contributed by atoms with E-state index in [0.717, 1.165) is 12.8 Å². The molecule has 2 aliphatic rings. The number of Topliss-reactive ketones (excluding diaryl/α,β-unsaturated/α-hetero) is 1. The molecule has 0 N–H and O–H groups in total. The lowest BCUT2D eigenvalue weighted by Gasteiger charge is -2.35. The molecule has 0 amide bonds. The monoisotopic (exact) mass is 271 g/mol. The highest BCUT2D eigenvalue weighted by atomic mass is 16.5. The summed E-state index contributed by atoms with van der Waals surface area (Å²) in [5, 5.41) is 0. The predicted molar refractivity (Wildman–Crippen MR) is 74.4 cm³/mol. The second-order valence-electron chi connectivity index (χ2n) is 5.38. The zero-order valence-electron chi connectivity index (χ0n) is 11.4. The number of rotatable bonds is 3. The van der Waals surface area contributed by atoms with Crippen molar-refractivity contribution in [1.29, 1.82) is 0 Å². The van der Waals surface area contributed by atoms with Crippen LogP contribution in [0, 0.1) is 0 Å². The minimum Gasteiger partial charge on any atom is -0.456 e. The van der Waals surface area contributed by atoms with Gasteiger partial charge in [0.15, 0.2) is 0 Å². The molecule has 1 saturated heterocycles. The molecule has 3 rings (SSSR count). The first-order valence-corrected chi connectivity index (χ1v) is 6.86. The standard InChI is InChI=1S/C16H17NO3/c1-17-12-7-8-13(17)10-14(9-12)20-16(19)15(18)11-5-3-2-4-6-11/h2-8,12-14H,9-10H2,1H3. The predicted octanol–water partition coefficient (Wildman–Crippen LogP) is 1.81. The third-order valence-electron chi connectivity index (χ3n) is 4.11. The van der Waals surface area contributed by atoms with E-state index in [1.807, 2.05) is 6.07 Å². The molecule has 2 aliphatic heterocycles. The van der Waals surface area contributed by atoms with Crippen LogP contribution in [0.2, 0.25) is 0 Å². The van der Waals surface area contributed by atoms with Gasteiger partial charge < -0.3 is 4.74 Å². The molecule has 0 saturated carbocycles. The van der Waals surface area contributed by atoms with E-state index in [-0.39, 0.29) is 6.10 Å². The number of ether oxygens (including phenoxy) is 1. The van der Waals surface area contributed by atoms with Crippen molar-refractivity contribution in [1.82, 2.24) is 4.90 Å². The number of hydrogen-bond acceptors (Lipinski definition) is 4. The van der Waals surface area contributed by atoms with Gasteiger partial charge in [-0.15, -0.1) is 0 Å². The van der Waals surface area contributed by atoms with Crippen molar-refractivity contribution in [2.45, 2.75) is 31.0 Å². The first kappa shape index (κ1) is 13.1. The molecule has 20 heavy (non-hydrogen) atoms. The fourth-order valence-corrected chi connectivity index (χ4v) is 2.91. The van der Waals surface area contributed by atoms with Crippen molar-refractivity contribution in [3.63, 3.8) is 0 Å². The largest absolute Gasteiger partial charge is 0.456 e. The summed E-state index contributed by atoms with van der Waals surface area (Å²) in [5.41, 5.74) is 0.381. The third kappa shape index (κ3) is 2.39. The van der Waals surface area contributed by atoms with Gasteiger partial charge in [-0.25, -0.2) is 4.79 Å². The molecule has 0 aromatic heterocycles. The summed E-state index contributed by atoms with van der Waals surface area (Å²) in [6, 6.07) is 9.17. The minimum absolute atomic E-state index is 0.170. The summed E-state index contributed by atoms with van der Waals surface area (Å²) in [4.78, 5) is 26.1. The SMILES string of the molecule is CN1C2C=CC1CC(OC(=O)C(=O)c1ccccc1)C2. The van der Waals surface area contributed by atoms with Gasteiger partial charge in [0.05, 0.1) is 0 Å². The third-order valence-corrected chi connectivity index (χ3v) is 4.11. The summed E-state index contributed by atoms with van der Waals surface area (Å²) in [6.45, 7) is 0. The average Bonchev–Trinajstić information content (AvgIpc) is 2.69. The van der Waals surface area contributed by atoms with E-state index in [1.165, 1.54) is 0 Å². The molecule has 0 aliphatic carbocycles. The Balaban J connectivity index is 1.62. The number of ketones is 1. The topological polar surface area (TPSA) is 46.6 Å². The van der Waals surface area contributed by atoms with Gasteiger partial charge in [-0.3, -0.25) is 9.69 Å². The Morgan fingerprint density at radius 3 is 2.30 bits per heavy atom. The minimum atomic E-state index is -0.745. The quantitative estimate of drug-likeness (QED) is 0.364. The molecule has 4 nitrogen and oxygen atoms in total. The Morgan fingerprint density at radius 2 is 1.70 bits per heavy atom. The Hall–Kier alpha value is -1.94. The number of carbonyl (C=O) groups is 2. The van der Waals surface area contributed by atoms with Crippen molar-refractivity contribution in [3.05, 3.63) is 48.0 Å². The maximum atomic E-state index is 12.0. The van der Waals surface area contributed by atoms with Gasteiger partial charge in [0.25, 0.3) is 5.78 Å². The summed E-state index contributed by atoms with van der Waals surface area (Å²) in [6.07, 6.45) is 5.65. The van der Waals surface area contributed by atoms with Crippen LogP contribution in [0.5, 0.6) is 0 Å². The molecule has 2 heterocycles. The van der Waals surface area contributed by atoms with Crippen molar-refractivity contribution in [3.8, 4) is 0 Å². The van der Waals surface area contributed by atoms with Gasteiger partial charge in [0, 0.05) is 30.5 Å². The normalized spacial score (nSPS) is 28.4. The van der Waals surface area contributed by atoms with E-state index >= 15 is 0 Å². The van der Waals surface area contributed by atoms with Gasteiger partial charge in [-0.2, -0.15) is 0 Å². The Bertz CT molecular complexity index is 536. The maximum Gasteiger partial charge on any atom is 0.379 e. The number of fused-ring (bicyclic) bond motifs is 2. The molecule has 1 aromatic carbocycles. The summed E-state index contributed by atoms with van der Waals surface area (Å²) in [5.74, 6) is -1.31. The molecule has 104 valence electrons. The smallest absolute Gasteiger partial charge is 0.379 e. The number of benzene rings is 1. The zero-order chi connectivity index (χ0) is 14.1. The van der Waals surface area contributed by atoms with E-state index in [2.05, 4.69) is 24.1 Å². The molecule has 1 fully saturated rings. The number of esters is 1. The van der Waals surface area contributed by atoms with Crippen LogP contribution in [0.3, 0.4) is 0 Å². The first-order valence-electron chi connectivity index (χ1n) is 6.86. The van der Waals surface area contributed by atoms with Crippen LogP contribution in [-0.4, -0.2) is 41.9 Å². The molecular weight excluding hydrogens is 254 g/mol. The van der Waals surface area contributed by atoms with Crippen LogP contribution in [0.15, 0.2) is 42.5 Å². The summed E-state index contributed by atoms with van der Waals surface area (Å²) >= 11 is 0. The van der Waals surface area contributed by atoms with Gasteiger partial charge in [0.1, 0.15) is 6.10 Å². The van der Waals surface area contributed by atoms with Crippen molar-refractivity contribution in [2.24, 2.45) is 0 Å². The second kappa shape index (κ2) is 5.21. The maximum absolute atomic E-state index is 12.0. The van der Waals surface area contributed by atoms with E-state index in [4.69, 9.17) is 4.74 Å². The van der Waals surface area contributed by atoms with Crippen LogP contribution < -0.4 is 0 Å². The summed E-state index contributed by atoms with van der Waals surface area (Å²) in [7, 11) is 2.07. The molecule has 1 aromatic rings. The van der Waals surface area contributed by atoms with Crippen LogP contribution in [0.4, 0.5) is 0 Å². The summed E-state index contributed by atoms with van der Waals surface area (Å²) < 4.78 is 5.38. The Morgan fingerprint density at radius 1 is 1.10 bits per heavy atom. The number of carbonyl (C=O) groups excluding carboxylic acids is 2. The van der Waals surface area contributed by atoms with Crippen molar-refractivity contribution in [2.75, 3.05) is 7.05 Å². The van der Waals surface area contributed by atoms with Gasteiger partial charge in [0.2, 0.25) is 0 Å². The molecule has 2 bridgehead atoms. The molecule has 0 radical (unpaired) electrons. The van der Waals surface area contributed by atoms with Crippen LogP contribution in [0.25, 0.3) is 0 Å². The fraction of sp³-hybridized carbons (Fsp3) is 0.375. The lowest BCUT2D eigenvalue weighted by Crippen LogP contribution is -2.44. The number of piperidine rings is 1. The zero-order valence-corrected chi connectivity index (χ0v) is 11.4. The van der Waals surface area contributed by atoms with Crippen LogP contribution in [-0.2, 0) is 9.53 Å². The van der Waals surface area contributed by atoms with Crippen molar-refractivity contribution >= 4 is 11.8 Å². The Kier molecular flexibility index (Phi) is 3.40. The molecule has 2 atom stereocenters. The van der Waals surface area contributed by atoms with Crippen LogP contribution >= 0.6 is 0 Å². The van der Waals surface area contributed by atoms with Crippen molar-refractivity contribution < 1.29 is 14.3 Å².